The van der Waals surface area contributed by atoms with Gasteiger partial charge in [0.1, 0.15) is 5.82 Å². The minimum atomic E-state index is -0.252. The van der Waals surface area contributed by atoms with Crippen LogP contribution in [0.4, 0.5) is 5.82 Å². The van der Waals surface area contributed by atoms with Gasteiger partial charge in [-0.05, 0) is 43.9 Å². The summed E-state index contributed by atoms with van der Waals surface area (Å²) in [5, 5.41) is 8.07. The van der Waals surface area contributed by atoms with E-state index in [0.717, 1.165) is 17.9 Å². The van der Waals surface area contributed by atoms with Crippen molar-refractivity contribution in [3.8, 4) is 0 Å². The van der Waals surface area contributed by atoms with Gasteiger partial charge in [-0.25, -0.2) is 4.68 Å². The maximum atomic E-state index is 12.4. The summed E-state index contributed by atoms with van der Waals surface area (Å²) in [6.45, 7) is 2.77. The van der Waals surface area contributed by atoms with Crippen LogP contribution < -0.4 is 5.32 Å². The van der Waals surface area contributed by atoms with E-state index >= 15 is 0 Å². The van der Waals surface area contributed by atoms with Crippen LogP contribution in [-0.2, 0) is 6.54 Å². The molecule has 0 aliphatic heterocycles. The van der Waals surface area contributed by atoms with Crippen LogP contribution >= 0.6 is 23.2 Å². The summed E-state index contributed by atoms with van der Waals surface area (Å²) in [5.41, 5.74) is 1.34. The summed E-state index contributed by atoms with van der Waals surface area (Å²) in [6, 6.07) is 4.83. The van der Waals surface area contributed by atoms with Crippen molar-refractivity contribution >= 4 is 34.9 Å². The minimum Gasteiger partial charge on any atom is -0.307 e. The van der Waals surface area contributed by atoms with Crippen molar-refractivity contribution in [2.45, 2.75) is 26.3 Å². The number of hydrogen-bond donors (Lipinski definition) is 1. The smallest absolute Gasteiger partial charge is 0.258 e. The van der Waals surface area contributed by atoms with Crippen LogP contribution in [0.3, 0.4) is 0 Å². The van der Waals surface area contributed by atoms with E-state index < -0.39 is 0 Å². The maximum absolute atomic E-state index is 12.4. The van der Waals surface area contributed by atoms with Gasteiger partial charge in [-0.2, -0.15) is 5.10 Å². The van der Waals surface area contributed by atoms with Crippen LogP contribution in [0.15, 0.2) is 24.4 Å². The molecule has 1 N–H and O–H groups in total. The number of aryl methyl sites for hydroxylation is 1. The molecule has 1 aliphatic carbocycles. The van der Waals surface area contributed by atoms with Crippen molar-refractivity contribution in [1.29, 1.82) is 0 Å². The standard InChI is InChI=1S/C15H15Cl2N3O/c1-9-7-18-20(8-10-2-3-10)14(9)19-15(21)12-5-4-11(16)6-13(12)17/h4-7,10H,2-3,8H2,1H3,(H,19,21). The highest BCUT2D eigenvalue weighted by atomic mass is 35.5. The number of halogens is 2. The Bertz CT molecular complexity index is 692. The normalized spacial score (nSPS) is 14.2. The van der Waals surface area contributed by atoms with Crippen molar-refractivity contribution in [2.75, 3.05) is 5.32 Å². The second-order valence-electron chi connectivity index (χ2n) is 5.38. The molecule has 1 aliphatic rings. The van der Waals surface area contributed by atoms with E-state index in [1.807, 2.05) is 11.6 Å². The highest BCUT2D eigenvalue weighted by Gasteiger charge is 2.24. The van der Waals surface area contributed by atoms with Gasteiger partial charge < -0.3 is 5.32 Å². The molecule has 3 rings (SSSR count). The number of carbonyl (C=O) groups is 1. The zero-order valence-electron chi connectivity index (χ0n) is 11.6. The second-order valence-corrected chi connectivity index (χ2v) is 6.22. The van der Waals surface area contributed by atoms with E-state index in [4.69, 9.17) is 23.2 Å². The van der Waals surface area contributed by atoms with Gasteiger partial charge in [0.25, 0.3) is 5.91 Å². The van der Waals surface area contributed by atoms with E-state index in [9.17, 15) is 4.79 Å². The molecule has 1 heterocycles. The molecule has 110 valence electrons. The molecule has 6 heteroatoms. The van der Waals surface area contributed by atoms with Crippen LogP contribution in [0.2, 0.25) is 10.0 Å². The van der Waals surface area contributed by atoms with Crippen molar-refractivity contribution < 1.29 is 4.79 Å². The van der Waals surface area contributed by atoms with Crippen LogP contribution in [-0.4, -0.2) is 15.7 Å². The van der Waals surface area contributed by atoms with Crippen LogP contribution in [0.1, 0.15) is 28.8 Å². The van der Waals surface area contributed by atoms with Crippen LogP contribution in [0.25, 0.3) is 0 Å². The molecule has 1 aromatic carbocycles. The molecule has 0 saturated heterocycles. The van der Waals surface area contributed by atoms with Gasteiger partial charge in [-0.3, -0.25) is 4.79 Å². The lowest BCUT2D eigenvalue weighted by Gasteiger charge is -2.11. The molecule has 1 fully saturated rings. The molecule has 0 bridgehead atoms. The maximum Gasteiger partial charge on any atom is 0.258 e. The number of nitrogens with one attached hydrogen (secondary N) is 1. The third-order valence-electron chi connectivity index (χ3n) is 3.56. The first kappa shape index (κ1) is 14.4. The molecule has 0 spiro atoms. The lowest BCUT2D eigenvalue weighted by molar-refractivity contribution is 0.102. The molecule has 0 unspecified atom stereocenters. The molecule has 21 heavy (non-hydrogen) atoms. The number of aromatic nitrogens is 2. The third kappa shape index (κ3) is 3.22. The van der Waals surface area contributed by atoms with E-state index in [1.165, 1.54) is 12.8 Å². The highest BCUT2D eigenvalue weighted by molar-refractivity contribution is 6.37. The lowest BCUT2D eigenvalue weighted by Crippen LogP contribution is -2.17. The monoisotopic (exact) mass is 323 g/mol. The number of amides is 1. The fourth-order valence-electron chi connectivity index (χ4n) is 2.17. The van der Waals surface area contributed by atoms with Crippen LogP contribution in [0, 0.1) is 12.8 Å². The second kappa shape index (κ2) is 5.70. The van der Waals surface area contributed by atoms with Crippen LogP contribution in [0.5, 0.6) is 0 Å². The van der Waals surface area contributed by atoms with Gasteiger partial charge in [0.2, 0.25) is 0 Å². The summed E-state index contributed by atoms with van der Waals surface area (Å²) in [6.07, 6.45) is 4.23. The van der Waals surface area contributed by atoms with Gasteiger partial charge in [-0.1, -0.05) is 23.2 Å². The number of rotatable bonds is 4. The molecule has 1 saturated carbocycles. The highest BCUT2D eigenvalue weighted by Crippen LogP contribution is 2.32. The molecule has 0 radical (unpaired) electrons. The van der Waals surface area contributed by atoms with Crippen molar-refractivity contribution in [1.82, 2.24) is 9.78 Å². The molecule has 1 aromatic heterocycles. The first-order chi connectivity index (χ1) is 10.0. The summed E-state index contributed by atoms with van der Waals surface area (Å²) in [4.78, 5) is 12.4. The SMILES string of the molecule is Cc1cnn(CC2CC2)c1NC(=O)c1ccc(Cl)cc1Cl. The predicted molar refractivity (Wildman–Crippen MR) is 84.1 cm³/mol. The molecule has 2 aromatic rings. The summed E-state index contributed by atoms with van der Waals surface area (Å²) in [5.74, 6) is 1.16. The Hall–Kier alpha value is -1.52. The zero-order chi connectivity index (χ0) is 15.0. The number of nitrogens with zero attached hydrogens (tertiary/aromatic N) is 2. The van der Waals surface area contributed by atoms with Gasteiger partial charge >= 0.3 is 0 Å². The minimum absolute atomic E-state index is 0.252. The molecule has 1 amide bonds. The number of hydrogen-bond acceptors (Lipinski definition) is 2. The fourth-order valence-corrected chi connectivity index (χ4v) is 2.67. The molecule has 0 atom stereocenters. The number of benzene rings is 1. The Morgan fingerprint density at radius 2 is 2.19 bits per heavy atom. The van der Waals surface area contributed by atoms with E-state index in [1.54, 1.807) is 24.4 Å². The van der Waals surface area contributed by atoms with Crippen molar-refractivity contribution in [3.05, 3.63) is 45.6 Å². The number of anilines is 1. The molecule has 4 nitrogen and oxygen atoms in total. The molecular formula is C15H15Cl2N3O. The number of carbonyl (C=O) groups excluding carboxylic acids is 1. The average Bonchev–Trinajstić information content (AvgIpc) is 3.18. The summed E-state index contributed by atoms with van der Waals surface area (Å²) < 4.78 is 1.86. The van der Waals surface area contributed by atoms with Crippen molar-refractivity contribution in [2.24, 2.45) is 5.92 Å². The average molecular weight is 324 g/mol. The Kier molecular flexibility index (Phi) is 3.91. The van der Waals surface area contributed by atoms with Gasteiger partial charge in [-0.15, -0.1) is 0 Å². The Morgan fingerprint density at radius 3 is 2.86 bits per heavy atom. The Morgan fingerprint density at radius 1 is 1.43 bits per heavy atom. The lowest BCUT2D eigenvalue weighted by atomic mass is 10.2. The first-order valence-corrected chi connectivity index (χ1v) is 7.59. The Balaban J connectivity index is 1.82. The largest absolute Gasteiger partial charge is 0.307 e. The topological polar surface area (TPSA) is 46.9 Å². The Labute approximate surface area is 133 Å². The first-order valence-electron chi connectivity index (χ1n) is 6.83. The van der Waals surface area contributed by atoms with Gasteiger partial charge in [0, 0.05) is 17.1 Å². The van der Waals surface area contributed by atoms with Gasteiger partial charge in [0.15, 0.2) is 0 Å². The quantitative estimate of drug-likeness (QED) is 0.918. The summed E-state index contributed by atoms with van der Waals surface area (Å²) in [7, 11) is 0. The summed E-state index contributed by atoms with van der Waals surface area (Å²) >= 11 is 11.9. The van der Waals surface area contributed by atoms with E-state index in [0.29, 0.717) is 21.5 Å². The van der Waals surface area contributed by atoms with Gasteiger partial charge in [0.05, 0.1) is 16.8 Å². The zero-order valence-corrected chi connectivity index (χ0v) is 13.1. The predicted octanol–water partition coefficient (Wildman–Crippen LogP) is 4.16. The fraction of sp³-hybridized carbons (Fsp3) is 0.333. The third-order valence-corrected chi connectivity index (χ3v) is 4.11. The van der Waals surface area contributed by atoms with E-state index in [2.05, 4.69) is 10.4 Å². The molecular weight excluding hydrogens is 309 g/mol. The van der Waals surface area contributed by atoms with E-state index in [-0.39, 0.29) is 5.91 Å². The van der Waals surface area contributed by atoms with Crippen molar-refractivity contribution in [3.63, 3.8) is 0 Å².